The predicted octanol–water partition coefficient (Wildman–Crippen LogP) is 3.15. The molecule has 4 heteroatoms. The van der Waals surface area contributed by atoms with Gasteiger partial charge >= 0.3 is 5.97 Å². The smallest absolute Gasteiger partial charge is 0.311 e. The zero-order valence-electron chi connectivity index (χ0n) is 13.0. The molecule has 0 aliphatic carbocycles. The van der Waals surface area contributed by atoms with Gasteiger partial charge in [0.05, 0.1) is 6.42 Å². The number of primary amides is 1. The quantitative estimate of drug-likeness (QED) is 0.734. The summed E-state index contributed by atoms with van der Waals surface area (Å²) in [4.78, 5) is 24.0. The summed E-state index contributed by atoms with van der Waals surface area (Å²) in [5.41, 5.74) is 6.81. The minimum absolute atomic E-state index is 0.0813. The molecular formula is C20H17NO3. The first-order chi connectivity index (χ1) is 11.6. The molecule has 0 radical (unpaired) electrons. The third kappa shape index (κ3) is 3.43. The molecule has 0 fully saturated rings. The first kappa shape index (κ1) is 15.7. The van der Waals surface area contributed by atoms with E-state index in [1.807, 2.05) is 48.5 Å². The number of ether oxygens (including phenoxy) is 1. The molecule has 24 heavy (non-hydrogen) atoms. The molecule has 0 bridgehead atoms. The van der Waals surface area contributed by atoms with E-state index in [-0.39, 0.29) is 6.42 Å². The summed E-state index contributed by atoms with van der Waals surface area (Å²) in [5.74, 6) is -1.17. The fourth-order valence-corrected chi connectivity index (χ4v) is 2.69. The van der Waals surface area contributed by atoms with Gasteiger partial charge in [-0.3, -0.25) is 9.59 Å². The summed E-state index contributed by atoms with van der Waals surface area (Å²) >= 11 is 0. The molecule has 0 aromatic heterocycles. The summed E-state index contributed by atoms with van der Waals surface area (Å²) in [6.07, 6.45) is -0.994. The third-order valence-corrected chi connectivity index (χ3v) is 3.82. The first-order valence-corrected chi connectivity index (χ1v) is 7.65. The average molecular weight is 319 g/mol. The van der Waals surface area contributed by atoms with Gasteiger partial charge in [-0.25, -0.2) is 0 Å². The number of fused-ring (bicyclic) bond motifs is 1. The standard InChI is InChI=1S/C20H17NO3/c21-20(23)19(15-8-2-1-3-9-15)24-18(22)13-16-11-6-10-14-7-4-5-12-17(14)16/h1-12,19H,13H2,(H2,21,23)/t19-/m1/s1. The molecule has 0 aliphatic heterocycles. The van der Waals surface area contributed by atoms with Gasteiger partial charge in [0, 0.05) is 5.56 Å². The minimum atomic E-state index is -1.08. The predicted molar refractivity (Wildman–Crippen MR) is 92.1 cm³/mol. The SMILES string of the molecule is NC(=O)[C@H](OC(=O)Cc1cccc2ccccc12)c1ccccc1. The second-order valence-corrected chi connectivity index (χ2v) is 5.50. The summed E-state index contributed by atoms with van der Waals surface area (Å²) < 4.78 is 5.34. The highest BCUT2D eigenvalue weighted by atomic mass is 16.5. The Hall–Kier alpha value is -3.14. The summed E-state index contributed by atoms with van der Waals surface area (Å²) in [6, 6.07) is 22.4. The van der Waals surface area contributed by atoms with Crippen LogP contribution in [0.1, 0.15) is 17.2 Å². The van der Waals surface area contributed by atoms with E-state index in [1.165, 1.54) is 0 Å². The topological polar surface area (TPSA) is 69.4 Å². The van der Waals surface area contributed by atoms with Crippen LogP contribution in [0.3, 0.4) is 0 Å². The van der Waals surface area contributed by atoms with Crippen LogP contribution >= 0.6 is 0 Å². The molecule has 4 nitrogen and oxygen atoms in total. The van der Waals surface area contributed by atoms with Gasteiger partial charge in [-0.05, 0) is 16.3 Å². The Morgan fingerprint density at radius 1 is 0.875 bits per heavy atom. The van der Waals surface area contributed by atoms with Crippen molar-refractivity contribution in [2.75, 3.05) is 0 Å². The van der Waals surface area contributed by atoms with Crippen molar-refractivity contribution in [3.8, 4) is 0 Å². The highest BCUT2D eigenvalue weighted by Gasteiger charge is 2.22. The maximum absolute atomic E-state index is 12.3. The summed E-state index contributed by atoms with van der Waals surface area (Å²) in [5, 5.41) is 2.05. The Balaban J connectivity index is 1.80. The fourth-order valence-electron chi connectivity index (χ4n) is 2.69. The Bertz CT molecular complexity index is 869. The number of benzene rings is 3. The zero-order chi connectivity index (χ0) is 16.9. The van der Waals surface area contributed by atoms with Crippen LogP contribution in [0.2, 0.25) is 0 Å². The van der Waals surface area contributed by atoms with Crippen LogP contribution < -0.4 is 5.73 Å². The van der Waals surface area contributed by atoms with Gasteiger partial charge in [-0.15, -0.1) is 0 Å². The Morgan fingerprint density at radius 3 is 2.29 bits per heavy atom. The molecule has 3 aromatic rings. The second kappa shape index (κ2) is 6.96. The van der Waals surface area contributed by atoms with Gasteiger partial charge in [0.1, 0.15) is 0 Å². The van der Waals surface area contributed by atoms with Crippen LogP contribution in [-0.4, -0.2) is 11.9 Å². The lowest BCUT2D eigenvalue weighted by Crippen LogP contribution is -2.26. The number of carbonyl (C=O) groups is 2. The molecule has 1 amide bonds. The Kier molecular flexibility index (Phi) is 4.57. The van der Waals surface area contributed by atoms with E-state index in [1.54, 1.807) is 24.3 Å². The lowest BCUT2D eigenvalue weighted by atomic mass is 10.0. The first-order valence-electron chi connectivity index (χ1n) is 7.65. The van der Waals surface area contributed by atoms with Gasteiger partial charge in [-0.2, -0.15) is 0 Å². The highest BCUT2D eigenvalue weighted by Crippen LogP contribution is 2.21. The van der Waals surface area contributed by atoms with Crippen molar-refractivity contribution in [1.82, 2.24) is 0 Å². The molecule has 0 heterocycles. The van der Waals surface area contributed by atoms with Gasteiger partial charge in [-0.1, -0.05) is 72.8 Å². The molecule has 0 spiro atoms. The molecule has 0 saturated carbocycles. The maximum Gasteiger partial charge on any atom is 0.311 e. The van der Waals surface area contributed by atoms with Crippen molar-refractivity contribution in [1.29, 1.82) is 0 Å². The van der Waals surface area contributed by atoms with Crippen molar-refractivity contribution < 1.29 is 14.3 Å². The van der Waals surface area contributed by atoms with Crippen LogP contribution in [0.5, 0.6) is 0 Å². The average Bonchev–Trinajstić information content (AvgIpc) is 2.60. The van der Waals surface area contributed by atoms with Gasteiger partial charge in [0.2, 0.25) is 6.10 Å². The van der Waals surface area contributed by atoms with Gasteiger partial charge < -0.3 is 10.5 Å². The lowest BCUT2D eigenvalue weighted by molar-refractivity contribution is -0.154. The van der Waals surface area contributed by atoms with E-state index in [4.69, 9.17) is 10.5 Å². The van der Waals surface area contributed by atoms with E-state index in [0.29, 0.717) is 5.56 Å². The summed E-state index contributed by atoms with van der Waals surface area (Å²) in [6.45, 7) is 0. The maximum atomic E-state index is 12.3. The highest BCUT2D eigenvalue weighted by molar-refractivity contribution is 5.90. The van der Waals surface area contributed by atoms with E-state index in [2.05, 4.69) is 0 Å². The van der Waals surface area contributed by atoms with Crippen molar-refractivity contribution in [2.45, 2.75) is 12.5 Å². The fraction of sp³-hybridized carbons (Fsp3) is 0.100. The molecule has 0 saturated heterocycles. The van der Waals surface area contributed by atoms with Crippen molar-refractivity contribution in [3.63, 3.8) is 0 Å². The molecule has 1 atom stereocenters. The van der Waals surface area contributed by atoms with Crippen molar-refractivity contribution in [2.24, 2.45) is 5.73 Å². The number of amides is 1. The molecule has 0 aliphatic rings. The molecule has 3 aromatic carbocycles. The number of carbonyl (C=O) groups excluding carboxylic acids is 2. The van der Waals surface area contributed by atoms with Crippen LogP contribution in [0.4, 0.5) is 0 Å². The van der Waals surface area contributed by atoms with E-state index in [0.717, 1.165) is 16.3 Å². The van der Waals surface area contributed by atoms with E-state index < -0.39 is 18.0 Å². The van der Waals surface area contributed by atoms with Gasteiger partial charge in [0.25, 0.3) is 5.91 Å². The van der Waals surface area contributed by atoms with Gasteiger partial charge in [0.15, 0.2) is 0 Å². The monoisotopic (exact) mass is 319 g/mol. The Labute approximate surface area is 139 Å². The zero-order valence-corrected chi connectivity index (χ0v) is 13.0. The largest absolute Gasteiger partial charge is 0.447 e. The number of rotatable bonds is 5. The normalized spacial score (nSPS) is 11.8. The number of esters is 1. The number of hydrogen-bond donors (Lipinski definition) is 1. The second-order valence-electron chi connectivity index (χ2n) is 5.50. The number of hydrogen-bond acceptors (Lipinski definition) is 3. The summed E-state index contributed by atoms with van der Waals surface area (Å²) in [7, 11) is 0. The van der Waals surface area contributed by atoms with Crippen LogP contribution in [0, 0.1) is 0 Å². The van der Waals surface area contributed by atoms with Crippen LogP contribution in [-0.2, 0) is 20.7 Å². The molecule has 2 N–H and O–H groups in total. The van der Waals surface area contributed by atoms with Crippen LogP contribution in [0.25, 0.3) is 10.8 Å². The van der Waals surface area contributed by atoms with Crippen LogP contribution in [0.15, 0.2) is 72.8 Å². The van der Waals surface area contributed by atoms with E-state index >= 15 is 0 Å². The molecule has 3 rings (SSSR count). The van der Waals surface area contributed by atoms with E-state index in [9.17, 15) is 9.59 Å². The molecular weight excluding hydrogens is 302 g/mol. The third-order valence-electron chi connectivity index (χ3n) is 3.82. The molecule has 0 unspecified atom stereocenters. The lowest BCUT2D eigenvalue weighted by Gasteiger charge is -2.15. The Morgan fingerprint density at radius 2 is 1.54 bits per heavy atom. The van der Waals surface area contributed by atoms with Crippen molar-refractivity contribution in [3.05, 3.63) is 83.9 Å². The minimum Gasteiger partial charge on any atom is -0.447 e. The number of nitrogens with two attached hydrogens (primary N) is 1. The molecule has 120 valence electrons. The van der Waals surface area contributed by atoms with Crippen molar-refractivity contribution >= 4 is 22.6 Å².